The fraction of sp³-hybridized carbons (Fsp3) is 0.111. The molecule has 4 rings (SSSR count). The van der Waals surface area contributed by atoms with Gasteiger partial charge in [-0.15, -0.1) is 0 Å². The van der Waals surface area contributed by atoms with Crippen LogP contribution in [0.15, 0.2) is 54.6 Å². The van der Waals surface area contributed by atoms with Crippen molar-refractivity contribution in [1.29, 1.82) is 0 Å². The summed E-state index contributed by atoms with van der Waals surface area (Å²) >= 11 is 1.53. The Labute approximate surface area is 128 Å². The first-order chi connectivity index (χ1) is 9.34. The Bertz CT molecular complexity index is 735. The van der Waals surface area contributed by atoms with Gasteiger partial charge in [0.05, 0.1) is 0 Å². The quantitative estimate of drug-likeness (QED) is 0.640. The van der Waals surface area contributed by atoms with Crippen LogP contribution in [-0.4, -0.2) is 0 Å². The number of rotatable bonds is 1. The molecule has 0 unspecified atom stereocenters. The van der Waals surface area contributed by atoms with Crippen molar-refractivity contribution in [3.8, 4) is 11.1 Å². The standard InChI is InChI=1S/C18H13.Zr/c1-2-6-13(5-1)14-9-10-18-16(11-14)12-15-7-3-4-8-17(15)18;/h1-5,7-10H,6,12H2;. The number of allylic oxidation sites excluding steroid dienone is 4. The second-order valence-corrected chi connectivity index (χ2v) is 6.40. The molecular formula is C18H13Zr. The Morgan fingerprint density at radius 2 is 1.74 bits per heavy atom. The molecule has 2 aliphatic carbocycles. The summed E-state index contributed by atoms with van der Waals surface area (Å²) in [7, 11) is 0. The fourth-order valence-corrected chi connectivity index (χ4v) is 4.27. The van der Waals surface area contributed by atoms with E-state index in [1.807, 2.05) is 0 Å². The number of hydrogen-bond acceptors (Lipinski definition) is 0. The van der Waals surface area contributed by atoms with Crippen molar-refractivity contribution in [3.05, 3.63) is 71.3 Å². The van der Waals surface area contributed by atoms with Crippen molar-refractivity contribution < 1.29 is 24.7 Å². The molecule has 0 saturated carbocycles. The molecule has 0 aromatic heterocycles. The molecule has 0 saturated heterocycles. The van der Waals surface area contributed by atoms with Gasteiger partial charge in [0.1, 0.15) is 0 Å². The van der Waals surface area contributed by atoms with Gasteiger partial charge in [0, 0.05) is 0 Å². The molecule has 19 heavy (non-hydrogen) atoms. The second-order valence-electron chi connectivity index (χ2n) is 5.17. The zero-order chi connectivity index (χ0) is 12.8. The van der Waals surface area contributed by atoms with E-state index in [1.165, 1.54) is 52.5 Å². The summed E-state index contributed by atoms with van der Waals surface area (Å²) in [5.41, 5.74) is 8.88. The fourth-order valence-electron chi connectivity index (χ4n) is 3.13. The van der Waals surface area contributed by atoms with Crippen LogP contribution in [0.4, 0.5) is 0 Å². The van der Waals surface area contributed by atoms with Gasteiger partial charge >= 0.3 is 129 Å². The van der Waals surface area contributed by atoms with Crippen molar-refractivity contribution in [1.82, 2.24) is 0 Å². The SMILES string of the molecule is [Zr][c]1c(C2=CC=CC2)ccc2c1Cc1ccccc1-2. The molecule has 2 aromatic carbocycles. The van der Waals surface area contributed by atoms with E-state index in [0.717, 1.165) is 12.8 Å². The third-order valence-electron chi connectivity index (χ3n) is 4.10. The minimum absolute atomic E-state index is 1.09. The van der Waals surface area contributed by atoms with E-state index in [9.17, 15) is 0 Å². The molecule has 2 aromatic rings. The Balaban J connectivity index is 1.89. The van der Waals surface area contributed by atoms with Gasteiger partial charge in [0.25, 0.3) is 0 Å². The van der Waals surface area contributed by atoms with E-state index in [0.29, 0.717) is 0 Å². The van der Waals surface area contributed by atoms with Crippen LogP contribution in [-0.2, 0) is 31.1 Å². The summed E-state index contributed by atoms with van der Waals surface area (Å²) in [6.45, 7) is 0. The van der Waals surface area contributed by atoms with Crippen molar-refractivity contribution in [2.24, 2.45) is 0 Å². The Morgan fingerprint density at radius 3 is 2.58 bits per heavy atom. The summed E-state index contributed by atoms with van der Waals surface area (Å²) in [6.07, 6.45) is 8.88. The predicted octanol–water partition coefficient (Wildman–Crippen LogP) is 3.77. The van der Waals surface area contributed by atoms with Crippen molar-refractivity contribution in [2.75, 3.05) is 0 Å². The molecule has 0 amide bonds. The second kappa shape index (κ2) is 4.42. The molecule has 0 aliphatic heterocycles. The van der Waals surface area contributed by atoms with Crippen LogP contribution in [0.2, 0.25) is 0 Å². The van der Waals surface area contributed by atoms with E-state index in [1.54, 1.807) is 8.83 Å². The normalized spacial score (nSPS) is 15.2. The maximum absolute atomic E-state index is 2.32. The third-order valence-corrected chi connectivity index (χ3v) is 5.51. The van der Waals surface area contributed by atoms with Crippen molar-refractivity contribution >= 4 is 8.84 Å². The van der Waals surface area contributed by atoms with Gasteiger partial charge in [0.2, 0.25) is 0 Å². The average molecular weight is 321 g/mol. The van der Waals surface area contributed by atoms with E-state index < -0.39 is 0 Å². The zero-order valence-corrected chi connectivity index (χ0v) is 13.1. The molecule has 0 heterocycles. The average Bonchev–Trinajstić information content (AvgIpc) is 3.06. The Morgan fingerprint density at radius 1 is 0.895 bits per heavy atom. The van der Waals surface area contributed by atoms with Gasteiger partial charge in [-0.3, -0.25) is 0 Å². The van der Waals surface area contributed by atoms with Crippen LogP contribution in [0, 0.1) is 0 Å². The van der Waals surface area contributed by atoms with Crippen molar-refractivity contribution in [3.63, 3.8) is 0 Å². The minimum atomic E-state index is 1.09. The molecule has 0 nitrogen and oxygen atoms in total. The van der Waals surface area contributed by atoms with Gasteiger partial charge in [0.15, 0.2) is 0 Å². The number of hydrogen-bond donors (Lipinski definition) is 0. The van der Waals surface area contributed by atoms with Gasteiger partial charge in [-0.25, -0.2) is 0 Å². The van der Waals surface area contributed by atoms with Gasteiger partial charge in [-0.1, -0.05) is 0 Å². The zero-order valence-electron chi connectivity index (χ0n) is 10.6. The van der Waals surface area contributed by atoms with Crippen molar-refractivity contribution in [2.45, 2.75) is 12.8 Å². The number of fused-ring (bicyclic) bond motifs is 3. The summed E-state index contributed by atoms with van der Waals surface area (Å²) in [5, 5.41) is 0. The molecule has 0 radical (unpaired) electrons. The van der Waals surface area contributed by atoms with E-state index in [4.69, 9.17) is 0 Å². The predicted molar refractivity (Wildman–Crippen MR) is 76.1 cm³/mol. The van der Waals surface area contributed by atoms with Crippen LogP contribution in [0.25, 0.3) is 16.7 Å². The summed E-state index contributed by atoms with van der Waals surface area (Å²) in [5.74, 6) is 0. The van der Waals surface area contributed by atoms with Crippen LogP contribution < -0.4 is 3.27 Å². The summed E-state index contributed by atoms with van der Waals surface area (Å²) < 4.78 is 1.55. The van der Waals surface area contributed by atoms with Gasteiger partial charge < -0.3 is 0 Å². The van der Waals surface area contributed by atoms with E-state index in [-0.39, 0.29) is 0 Å². The third kappa shape index (κ3) is 1.76. The molecule has 0 fully saturated rings. The molecule has 89 valence electrons. The Kier molecular flexibility index (Phi) is 2.70. The van der Waals surface area contributed by atoms with E-state index in [2.05, 4.69) is 54.6 Å². The first kappa shape index (κ1) is 11.6. The first-order valence-corrected chi connectivity index (χ1v) is 7.89. The molecule has 1 heteroatoms. The molecule has 0 atom stereocenters. The summed E-state index contributed by atoms with van der Waals surface area (Å²) in [4.78, 5) is 0. The van der Waals surface area contributed by atoms with Crippen LogP contribution in [0.3, 0.4) is 0 Å². The molecule has 2 aliphatic rings. The van der Waals surface area contributed by atoms with Crippen LogP contribution in [0.1, 0.15) is 23.1 Å². The van der Waals surface area contributed by atoms with Gasteiger partial charge in [-0.05, 0) is 0 Å². The molecule has 0 bridgehead atoms. The van der Waals surface area contributed by atoms with Crippen LogP contribution in [0.5, 0.6) is 0 Å². The monoisotopic (exact) mass is 319 g/mol. The molecule has 0 N–H and O–H groups in total. The van der Waals surface area contributed by atoms with Crippen LogP contribution >= 0.6 is 0 Å². The maximum atomic E-state index is 2.32. The topological polar surface area (TPSA) is 0 Å². The van der Waals surface area contributed by atoms with E-state index >= 15 is 0 Å². The number of benzene rings is 2. The molecule has 0 spiro atoms. The Hall–Kier alpha value is -1.20. The van der Waals surface area contributed by atoms with Gasteiger partial charge in [-0.2, -0.15) is 0 Å². The molecular weight excluding hydrogens is 307 g/mol. The summed E-state index contributed by atoms with van der Waals surface area (Å²) in [6, 6.07) is 13.5. The first-order valence-electron chi connectivity index (χ1n) is 6.66.